The molecule has 3 rings (SSSR count). The summed E-state index contributed by atoms with van der Waals surface area (Å²) in [6.45, 7) is 10.1. The smallest absolute Gasteiger partial charge is 0.190 e. The molecule has 3 heterocycles. The van der Waals surface area contributed by atoms with Gasteiger partial charge < -0.3 is 38.9 Å². The molecule has 0 aromatic carbocycles. The van der Waals surface area contributed by atoms with E-state index in [-0.39, 0.29) is 12.2 Å². The molecule has 3 fully saturated rings. The highest BCUT2D eigenvalue weighted by Crippen LogP contribution is 2.46. The van der Waals surface area contributed by atoms with E-state index >= 15 is 0 Å². The molecule has 140 valence electrons. The molecule has 3 aliphatic heterocycles. The van der Waals surface area contributed by atoms with Crippen LogP contribution in [0.3, 0.4) is 0 Å². The Morgan fingerprint density at radius 2 is 1.62 bits per heavy atom. The van der Waals surface area contributed by atoms with Gasteiger partial charge in [-0.05, 0) is 27.7 Å². The van der Waals surface area contributed by atoms with Crippen LogP contribution in [0.25, 0.3) is 0 Å². The van der Waals surface area contributed by atoms with Crippen molar-refractivity contribution in [2.75, 3.05) is 39.6 Å². The molecule has 3 saturated heterocycles. The van der Waals surface area contributed by atoms with Crippen molar-refractivity contribution < 1.29 is 33.2 Å². The zero-order valence-corrected chi connectivity index (χ0v) is 14.9. The first-order chi connectivity index (χ1) is 11.3. The van der Waals surface area contributed by atoms with Gasteiger partial charge in [0.05, 0.1) is 33.0 Å². The number of hydrogen-bond acceptors (Lipinski definition) is 8. The molecule has 0 amide bonds. The van der Waals surface area contributed by atoms with Crippen molar-refractivity contribution in [1.29, 1.82) is 0 Å². The van der Waals surface area contributed by atoms with E-state index in [1.54, 1.807) is 0 Å². The van der Waals surface area contributed by atoms with Crippen LogP contribution in [0.4, 0.5) is 0 Å². The van der Waals surface area contributed by atoms with Gasteiger partial charge in [-0.15, -0.1) is 0 Å². The molecule has 3 atom stereocenters. The second kappa shape index (κ2) is 6.77. The minimum Gasteiger partial charge on any atom is -0.378 e. The van der Waals surface area contributed by atoms with Crippen LogP contribution in [0.1, 0.15) is 27.7 Å². The predicted octanol–water partition coefficient (Wildman–Crippen LogP) is 0.376. The van der Waals surface area contributed by atoms with Gasteiger partial charge in [-0.1, -0.05) is 0 Å². The van der Waals surface area contributed by atoms with Crippen molar-refractivity contribution in [3.05, 3.63) is 0 Å². The predicted molar refractivity (Wildman–Crippen MR) is 83.2 cm³/mol. The largest absolute Gasteiger partial charge is 0.378 e. The summed E-state index contributed by atoms with van der Waals surface area (Å²) in [6, 6.07) is 0. The second-order valence-corrected chi connectivity index (χ2v) is 7.32. The summed E-state index contributed by atoms with van der Waals surface area (Å²) >= 11 is 0. The van der Waals surface area contributed by atoms with Crippen molar-refractivity contribution in [2.45, 2.75) is 63.4 Å². The third-order valence-corrected chi connectivity index (χ3v) is 4.37. The lowest BCUT2D eigenvalue weighted by molar-refractivity contribution is -0.341. The van der Waals surface area contributed by atoms with Gasteiger partial charge in [0.15, 0.2) is 17.9 Å². The molecule has 2 unspecified atom stereocenters. The first-order valence-electron chi connectivity index (χ1n) is 8.48. The SMILES string of the molecule is CC1(C)OCC2(CO1)O[C@@H]1OC(C)(C)OC1C2OCCOCCN. The fraction of sp³-hybridized carbons (Fsp3) is 1.00. The van der Waals surface area contributed by atoms with Crippen molar-refractivity contribution in [1.82, 2.24) is 0 Å². The number of rotatable bonds is 6. The van der Waals surface area contributed by atoms with Gasteiger partial charge in [0.2, 0.25) is 0 Å². The molecule has 0 aromatic heterocycles. The second-order valence-electron chi connectivity index (χ2n) is 7.32. The minimum absolute atomic E-state index is 0.331. The molecule has 3 aliphatic rings. The highest BCUT2D eigenvalue weighted by atomic mass is 16.9. The maximum atomic E-state index is 6.15. The molecule has 8 heteroatoms. The topological polar surface area (TPSA) is 90.6 Å². The first kappa shape index (κ1) is 18.5. The molecule has 0 saturated carbocycles. The number of nitrogens with two attached hydrogens (primary N) is 1. The van der Waals surface area contributed by atoms with Crippen LogP contribution < -0.4 is 5.73 Å². The average Bonchev–Trinajstić information content (AvgIpc) is 2.92. The Kier molecular flexibility index (Phi) is 5.21. The Hall–Kier alpha value is -0.320. The molecule has 0 bridgehead atoms. The Morgan fingerprint density at radius 1 is 0.917 bits per heavy atom. The van der Waals surface area contributed by atoms with Crippen molar-refractivity contribution in [3.8, 4) is 0 Å². The Bertz CT molecular complexity index is 432. The monoisotopic (exact) mass is 347 g/mol. The van der Waals surface area contributed by atoms with E-state index in [1.165, 1.54) is 0 Å². The summed E-state index contributed by atoms with van der Waals surface area (Å²) in [5, 5.41) is 0. The standard InChI is InChI=1S/C16H29NO7/c1-14(2)20-9-16(10-21-14)12(19-8-7-18-6-5-17)11-13(24-16)23-15(3,4)22-11/h11-13H,5-10,17H2,1-4H3/t11?,12?,13-/m0/s1. The minimum atomic E-state index is -0.741. The van der Waals surface area contributed by atoms with Gasteiger partial charge in [0, 0.05) is 6.54 Å². The molecular formula is C16H29NO7. The summed E-state index contributed by atoms with van der Waals surface area (Å²) in [4.78, 5) is 0. The molecule has 0 aromatic rings. The summed E-state index contributed by atoms with van der Waals surface area (Å²) in [5.41, 5.74) is 4.67. The summed E-state index contributed by atoms with van der Waals surface area (Å²) < 4.78 is 41.1. The van der Waals surface area contributed by atoms with E-state index in [0.717, 1.165) is 0 Å². The van der Waals surface area contributed by atoms with Crippen molar-refractivity contribution in [3.63, 3.8) is 0 Å². The lowest BCUT2D eigenvalue weighted by Crippen LogP contribution is -2.59. The highest BCUT2D eigenvalue weighted by Gasteiger charge is 2.64. The first-order valence-corrected chi connectivity index (χ1v) is 8.48. The van der Waals surface area contributed by atoms with Crippen molar-refractivity contribution >= 4 is 0 Å². The number of hydrogen-bond donors (Lipinski definition) is 1. The third-order valence-electron chi connectivity index (χ3n) is 4.37. The summed E-state index contributed by atoms with van der Waals surface area (Å²) in [6.07, 6.45) is -1.19. The zero-order valence-electron chi connectivity index (χ0n) is 14.9. The fourth-order valence-corrected chi connectivity index (χ4v) is 3.22. The molecule has 24 heavy (non-hydrogen) atoms. The van der Waals surface area contributed by atoms with Crippen LogP contribution >= 0.6 is 0 Å². The van der Waals surface area contributed by atoms with Crippen LogP contribution in [-0.4, -0.2) is 75.3 Å². The van der Waals surface area contributed by atoms with E-state index in [0.29, 0.717) is 39.6 Å². The molecular weight excluding hydrogens is 318 g/mol. The van der Waals surface area contributed by atoms with Crippen LogP contribution in [0.2, 0.25) is 0 Å². The van der Waals surface area contributed by atoms with E-state index in [2.05, 4.69) is 0 Å². The van der Waals surface area contributed by atoms with Gasteiger partial charge in [-0.25, -0.2) is 0 Å². The molecule has 1 spiro atoms. The Balaban J connectivity index is 1.66. The lowest BCUT2D eigenvalue weighted by atomic mass is 9.95. The van der Waals surface area contributed by atoms with E-state index in [4.69, 9.17) is 38.9 Å². The van der Waals surface area contributed by atoms with Gasteiger partial charge in [-0.2, -0.15) is 0 Å². The van der Waals surface area contributed by atoms with Crippen LogP contribution in [-0.2, 0) is 33.2 Å². The zero-order chi connectivity index (χ0) is 17.4. The maximum Gasteiger partial charge on any atom is 0.190 e. The summed E-state index contributed by atoms with van der Waals surface area (Å²) in [7, 11) is 0. The molecule has 8 nitrogen and oxygen atoms in total. The Morgan fingerprint density at radius 3 is 2.29 bits per heavy atom. The highest BCUT2D eigenvalue weighted by molar-refractivity contribution is 5.06. The number of fused-ring (bicyclic) bond motifs is 1. The molecule has 0 radical (unpaired) electrons. The van der Waals surface area contributed by atoms with Gasteiger partial charge in [0.1, 0.15) is 17.8 Å². The number of ether oxygens (including phenoxy) is 7. The fourth-order valence-electron chi connectivity index (χ4n) is 3.22. The van der Waals surface area contributed by atoms with Crippen LogP contribution in [0, 0.1) is 0 Å². The van der Waals surface area contributed by atoms with Gasteiger partial charge >= 0.3 is 0 Å². The maximum absolute atomic E-state index is 6.15. The van der Waals surface area contributed by atoms with Gasteiger partial charge in [-0.3, -0.25) is 0 Å². The average molecular weight is 347 g/mol. The molecule has 0 aliphatic carbocycles. The third kappa shape index (κ3) is 3.76. The normalized spacial score (nSPS) is 36.1. The molecule has 2 N–H and O–H groups in total. The van der Waals surface area contributed by atoms with E-state index in [9.17, 15) is 0 Å². The summed E-state index contributed by atoms with van der Waals surface area (Å²) in [5.74, 6) is -1.34. The lowest BCUT2D eigenvalue weighted by Gasteiger charge is -2.44. The van der Waals surface area contributed by atoms with Crippen LogP contribution in [0.5, 0.6) is 0 Å². The van der Waals surface area contributed by atoms with Crippen molar-refractivity contribution in [2.24, 2.45) is 5.73 Å². The van der Waals surface area contributed by atoms with Gasteiger partial charge in [0.25, 0.3) is 0 Å². The Labute approximate surface area is 142 Å². The van der Waals surface area contributed by atoms with Crippen LogP contribution in [0.15, 0.2) is 0 Å². The van der Waals surface area contributed by atoms with E-state index in [1.807, 2.05) is 27.7 Å². The van der Waals surface area contributed by atoms with E-state index < -0.39 is 23.5 Å². The quantitative estimate of drug-likeness (QED) is 0.690.